The van der Waals surface area contributed by atoms with Crippen molar-refractivity contribution in [2.75, 3.05) is 20.3 Å². The summed E-state index contributed by atoms with van der Waals surface area (Å²) >= 11 is 0. The van der Waals surface area contributed by atoms with E-state index in [0.717, 1.165) is 38.0 Å². The van der Waals surface area contributed by atoms with E-state index in [1.165, 1.54) is 18.4 Å². The van der Waals surface area contributed by atoms with Gasteiger partial charge in [0.05, 0.1) is 25.9 Å². The monoisotopic (exact) mass is 364 g/mol. The molecule has 1 saturated heterocycles. The summed E-state index contributed by atoms with van der Waals surface area (Å²) in [5, 5.41) is 9.08. The van der Waals surface area contributed by atoms with Gasteiger partial charge in [-0.1, -0.05) is 38.8 Å². The summed E-state index contributed by atoms with van der Waals surface area (Å²) in [6, 6.07) is 8.01. The predicted octanol–water partition coefficient (Wildman–Crippen LogP) is 4.58. The van der Waals surface area contributed by atoms with Crippen LogP contribution in [0.4, 0.5) is 0 Å². The smallest absolute Gasteiger partial charge is 0.118 e. The molecule has 26 heavy (non-hydrogen) atoms. The summed E-state index contributed by atoms with van der Waals surface area (Å²) in [5.74, 6) is 1.93. The van der Waals surface area contributed by atoms with Crippen LogP contribution in [-0.2, 0) is 16.1 Å². The van der Waals surface area contributed by atoms with E-state index in [2.05, 4.69) is 13.8 Å². The van der Waals surface area contributed by atoms with Crippen LogP contribution in [-0.4, -0.2) is 37.6 Å². The Kier molecular flexibility index (Phi) is 9.44. The molecule has 0 spiro atoms. The predicted molar refractivity (Wildman–Crippen MR) is 104 cm³/mol. The summed E-state index contributed by atoms with van der Waals surface area (Å²) in [5.41, 5.74) is 1.17. The van der Waals surface area contributed by atoms with Gasteiger partial charge < -0.3 is 19.3 Å². The molecule has 1 N–H and O–H groups in total. The third-order valence-corrected chi connectivity index (χ3v) is 5.40. The van der Waals surface area contributed by atoms with Crippen molar-refractivity contribution in [1.29, 1.82) is 0 Å². The lowest BCUT2D eigenvalue weighted by Crippen LogP contribution is -2.15. The van der Waals surface area contributed by atoms with Crippen molar-refractivity contribution in [1.82, 2.24) is 0 Å². The lowest BCUT2D eigenvalue weighted by atomic mass is 9.95. The number of hydrogen-bond acceptors (Lipinski definition) is 4. The topological polar surface area (TPSA) is 47.9 Å². The highest BCUT2D eigenvalue weighted by Crippen LogP contribution is 2.31. The van der Waals surface area contributed by atoms with Crippen LogP contribution in [0.2, 0.25) is 0 Å². The molecule has 0 bridgehead atoms. The molecule has 0 saturated carbocycles. The van der Waals surface area contributed by atoms with Crippen LogP contribution in [0.3, 0.4) is 0 Å². The van der Waals surface area contributed by atoms with Crippen molar-refractivity contribution in [2.24, 2.45) is 11.8 Å². The molecule has 1 aromatic carbocycles. The zero-order valence-electron chi connectivity index (χ0n) is 16.7. The minimum Gasteiger partial charge on any atom is -0.497 e. The highest BCUT2D eigenvalue weighted by atomic mass is 16.5. The van der Waals surface area contributed by atoms with Gasteiger partial charge in [0.15, 0.2) is 0 Å². The van der Waals surface area contributed by atoms with Crippen LogP contribution in [0.25, 0.3) is 0 Å². The fraction of sp³-hybridized carbons (Fsp3) is 0.727. The van der Waals surface area contributed by atoms with Gasteiger partial charge >= 0.3 is 0 Å². The molecule has 0 radical (unpaired) electrons. The summed E-state index contributed by atoms with van der Waals surface area (Å²) in [6.07, 6.45) is 7.47. The first kappa shape index (κ1) is 21.2. The minimum atomic E-state index is 0.301. The molecule has 0 amide bonds. The summed E-state index contributed by atoms with van der Waals surface area (Å²) in [4.78, 5) is 0. The van der Waals surface area contributed by atoms with E-state index in [4.69, 9.17) is 19.3 Å². The zero-order valence-corrected chi connectivity index (χ0v) is 16.7. The van der Waals surface area contributed by atoms with Crippen LogP contribution in [0.5, 0.6) is 5.75 Å². The van der Waals surface area contributed by atoms with Crippen LogP contribution in [0.1, 0.15) is 57.9 Å². The van der Waals surface area contributed by atoms with Crippen LogP contribution in [0, 0.1) is 11.8 Å². The molecule has 0 aliphatic carbocycles. The van der Waals surface area contributed by atoms with Crippen molar-refractivity contribution in [3.05, 3.63) is 29.8 Å². The van der Waals surface area contributed by atoms with Crippen molar-refractivity contribution >= 4 is 0 Å². The van der Waals surface area contributed by atoms with E-state index < -0.39 is 0 Å². The molecular weight excluding hydrogens is 328 g/mol. The first-order valence-corrected chi connectivity index (χ1v) is 10.1. The average molecular weight is 365 g/mol. The van der Waals surface area contributed by atoms with E-state index in [1.54, 1.807) is 7.11 Å². The van der Waals surface area contributed by atoms with Gasteiger partial charge in [-0.2, -0.15) is 0 Å². The Bertz CT molecular complexity index is 487. The van der Waals surface area contributed by atoms with E-state index in [-0.39, 0.29) is 0 Å². The molecule has 1 aliphatic rings. The van der Waals surface area contributed by atoms with E-state index in [0.29, 0.717) is 37.3 Å². The normalized spacial score (nSPS) is 23.9. The molecule has 2 rings (SSSR count). The van der Waals surface area contributed by atoms with Gasteiger partial charge in [-0.25, -0.2) is 0 Å². The third kappa shape index (κ3) is 7.26. The molecule has 4 nitrogen and oxygen atoms in total. The lowest BCUT2D eigenvalue weighted by Gasteiger charge is -2.16. The number of rotatable bonds is 12. The Morgan fingerprint density at radius 2 is 1.96 bits per heavy atom. The van der Waals surface area contributed by atoms with Crippen molar-refractivity contribution < 1.29 is 19.3 Å². The van der Waals surface area contributed by atoms with E-state index in [9.17, 15) is 0 Å². The minimum absolute atomic E-state index is 0.301. The molecule has 1 aliphatic heterocycles. The van der Waals surface area contributed by atoms with Gasteiger partial charge in [0, 0.05) is 13.2 Å². The lowest BCUT2D eigenvalue weighted by molar-refractivity contribution is 0.00655. The van der Waals surface area contributed by atoms with Gasteiger partial charge in [0.2, 0.25) is 0 Å². The second kappa shape index (κ2) is 11.6. The second-order valence-electron chi connectivity index (χ2n) is 7.77. The Morgan fingerprint density at radius 3 is 2.65 bits per heavy atom. The fourth-order valence-electron chi connectivity index (χ4n) is 3.60. The average Bonchev–Trinajstić information content (AvgIpc) is 3.02. The van der Waals surface area contributed by atoms with Gasteiger partial charge in [0.25, 0.3) is 0 Å². The Balaban J connectivity index is 1.57. The second-order valence-corrected chi connectivity index (χ2v) is 7.77. The van der Waals surface area contributed by atoms with Crippen LogP contribution < -0.4 is 4.74 Å². The number of unbranched alkanes of at least 4 members (excludes halogenated alkanes) is 1. The number of benzene rings is 1. The largest absolute Gasteiger partial charge is 0.497 e. The summed E-state index contributed by atoms with van der Waals surface area (Å²) < 4.78 is 17.2. The van der Waals surface area contributed by atoms with E-state index >= 15 is 0 Å². The SMILES string of the molecule is COc1ccc(COCC[C@H]2C[C@H](C)[C@H](CCCC[C@H](C)CO)O2)cc1. The highest BCUT2D eigenvalue weighted by Gasteiger charge is 2.31. The number of hydrogen-bond donors (Lipinski definition) is 1. The van der Waals surface area contributed by atoms with Crippen LogP contribution >= 0.6 is 0 Å². The van der Waals surface area contributed by atoms with Crippen molar-refractivity contribution in [2.45, 2.75) is 71.2 Å². The standard InChI is InChI=1S/C22H36O4/c1-17(15-23)6-4-5-7-22-18(2)14-21(26-22)12-13-25-16-19-8-10-20(24-3)11-9-19/h8-11,17-18,21-23H,4-7,12-16H2,1-3H3/t17-,18-,21-,22-/m0/s1. The Morgan fingerprint density at radius 1 is 1.19 bits per heavy atom. The summed E-state index contributed by atoms with van der Waals surface area (Å²) in [7, 11) is 1.68. The first-order chi connectivity index (χ1) is 12.6. The number of aliphatic hydroxyl groups excluding tert-OH is 1. The highest BCUT2D eigenvalue weighted by molar-refractivity contribution is 5.26. The van der Waals surface area contributed by atoms with Gasteiger partial charge in [0.1, 0.15) is 5.75 Å². The first-order valence-electron chi connectivity index (χ1n) is 10.1. The van der Waals surface area contributed by atoms with Crippen molar-refractivity contribution in [3.8, 4) is 5.75 Å². The molecule has 0 aromatic heterocycles. The Labute approximate surface area is 158 Å². The summed E-state index contributed by atoms with van der Waals surface area (Å²) in [6.45, 7) is 6.09. The maximum atomic E-state index is 9.08. The quantitative estimate of drug-likeness (QED) is 0.551. The fourth-order valence-corrected chi connectivity index (χ4v) is 3.60. The molecule has 0 unspecified atom stereocenters. The number of methoxy groups -OCH3 is 1. The molecule has 1 aromatic rings. The van der Waals surface area contributed by atoms with E-state index in [1.807, 2.05) is 24.3 Å². The van der Waals surface area contributed by atoms with Gasteiger partial charge in [-0.3, -0.25) is 0 Å². The molecule has 1 heterocycles. The maximum Gasteiger partial charge on any atom is 0.118 e. The van der Waals surface area contributed by atoms with Crippen LogP contribution in [0.15, 0.2) is 24.3 Å². The van der Waals surface area contributed by atoms with Gasteiger partial charge in [-0.05, 0) is 55.2 Å². The molecule has 4 heteroatoms. The number of aliphatic hydroxyl groups is 1. The van der Waals surface area contributed by atoms with Crippen molar-refractivity contribution in [3.63, 3.8) is 0 Å². The maximum absolute atomic E-state index is 9.08. The molecular formula is C22H36O4. The Hall–Kier alpha value is -1.10. The van der Waals surface area contributed by atoms with Gasteiger partial charge in [-0.15, -0.1) is 0 Å². The zero-order chi connectivity index (χ0) is 18.8. The molecule has 4 atom stereocenters. The number of ether oxygens (including phenoxy) is 3. The molecule has 1 fully saturated rings. The molecule has 148 valence electrons. The third-order valence-electron chi connectivity index (χ3n) is 5.40.